The predicted octanol–water partition coefficient (Wildman–Crippen LogP) is 4.18. The molecule has 3 rings (SSSR count). The van der Waals surface area contributed by atoms with Gasteiger partial charge in [0.25, 0.3) is 0 Å². The number of ketones is 1. The van der Waals surface area contributed by atoms with Crippen molar-refractivity contribution < 1.29 is 4.79 Å². The Morgan fingerprint density at radius 3 is 2.71 bits per heavy atom. The first-order chi connectivity index (χ1) is 10.1. The van der Waals surface area contributed by atoms with E-state index in [0.717, 1.165) is 22.0 Å². The monoisotopic (exact) mass is 294 g/mol. The van der Waals surface area contributed by atoms with Crippen LogP contribution in [0.15, 0.2) is 30.3 Å². The summed E-state index contributed by atoms with van der Waals surface area (Å²) < 4.78 is 0. The normalized spacial score (nSPS) is 16.1. The van der Waals surface area contributed by atoms with Crippen LogP contribution in [0, 0.1) is 38.5 Å². The van der Waals surface area contributed by atoms with Gasteiger partial charge >= 0.3 is 0 Å². The molecule has 1 fully saturated rings. The van der Waals surface area contributed by atoms with E-state index >= 15 is 0 Å². The SMILES string of the molecule is Cc1ccc2cc(/C=C/C(=O)[C]3[CH][CH][CH][CH]3)c(Cl)nc2c1. The van der Waals surface area contributed by atoms with Crippen LogP contribution in [-0.4, -0.2) is 10.8 Å². The van der Waals surface area contributed by atoms with Gasteiger partial charge in [-0.25, -0.2) is 4.98 Å². The van der Waals surface area contributed by atoms with Crippen molar-refractivity contribution in [2.75, 3.05) is 0 Å². The number of hydrogen-bond acceptors (Lipinski definition) is 2. The fourth-order valence-electron chi connectivity index (χ4n) is 2.19. The zero-order chi connectivity index (χ0) is 14.8. The number of carbonyl (C=O) groups is 1. The number of rotatable bonds is 3. The summed E-state index contributed by atoms with van der Waals surface area (Å²) in [5, 5.41) is 1.41. The van der Waals surface area contributed by atoms with Crippen LogP contribution in [0.3, 0.4) is 0 Å². The molecule has 0 spiro atoms. The van der Waals surface area contributed by atoms with Crippen molar-refractivity contribution in [1.29, 1.82) is 0 Å². The maximum absolute atomic E-state index is 11.9. The Balaban J connectivity index is 1.87. The lowest BCUT2D eigenvalue weighted by Crippen LogP contribution is -2.05. The molecule has 1 heterocycles. The van der Waals surface area contributed by atoms with Gasteiger partial charge in [-0.3, -0.25) is 4.79 Å². The van der Waals surface area contributed by atoms with Crippen molar-refractivity contribution in [3.63, 3.8) is 0 Å². The molecule has 0 atom stereocenters. The van der Waals surface area contributed by atoms with E-state index in [1.807, 2.05) is 44.0 Å². The summed E-state index contributed by atoms with van der Waals surface area (Å²) in [4.78, 5) is 16.3. The van der Waals surface area contributed by atoms with Crippen molar-refractivity contribution in [3.8, 4) is 0 Å². The zero-order valence-corrected chi connectivity index (χ0v) is 12.3. The number of carbonyl (C=O) groups excluding carboxylic acids is 1. The molecule has 103 valence electrons. The largest absolute Gasteiger partial charge is 0.294 e. The van der Waals surface area contributed by atoms with E-state index in [0.29, 0.717) is 11.1 Å². The van der Waals surface area contributed by atoms with Gasteiger partial charge in [-0.2, -0.15) is 0 Å². The van der Waals surface area contributed by atoms with Crippen LogP contribution < -0.4 is 0 Å². The molecular weight excluding hydrogens is 282 g/mol. The van der Waals surface area contributed by atoms with Crippen LogP contribution in [-0.2, 0) is 4.79 Å². The number of fused-ring (bicyclic) bond motifs is 1. The van der Waals surface area contributed by atoms with Gasteiger partial charge in [-0.05, 0) is 62.5 Å². The molecular formula is C18H13ClNO. The van der Waals surface area contributed by atoms with Crippen molar-refractivity contribution >= 4 is 34.4 Å². The highest BCUT2D eigenvalue weighted by Gasteiger charge is 2.22. The lowest BCUT2D eigenvalue weighted by atomic mass is 10.0. The Morgan fingerprint density at radius 2 is 1.95 bits per heavy atom. The molecule has 0 unspecified atom stereocenters. The smallest absolute Gasteiger partial charge is 0.163 e. The maximum Gasteiger partial charge on any atom is 0.163 e. The van der Waals surface area contributed by atoms with Crippen LogP contribution in [0.2, 0.25) is 5.15 Å². The van der Waals surface area contributed by atoms with Gasteiger partial charge in [0.15, 0.2) is 5.78 Å². The molecule has 5 radical (unpaired) electrons. The molecule has 2 aromatic rings. The number of aryl methyl sites for hydroxylation is 1. The first-order valence-corrected chi connectivity index (χ1v) is 7.02. The fraction of sp³-hybridized carbons (Fsp3) is 0.0556. The molecule has 0 bridgehead atoms. The van der Waals surface area contributed by atoms with Crippen molar-refractivity contribution in [2.45, 2.75) is 6.92 Å². The van der Waals surface area contributed by atoms with Gasteiger partial charge in [0.05, 0.1) is 11.4 Å². The third-order valence-electron chi connectivity index (χ3n) is 3.32. The average Bonchev–Trinajstić information content (AvgIpc) is 2.99. The molecule has 1 aliphatic rings. The maximum atomic E-state index is 11.9. The minimum absolute atomic E-state index is 0.0416. The lowest BCUT2D eigenvalue weighted by Gasteiger charge is -2.04. The molecule has 21 heavy (non-hydrogen) atoms. The van der Waals surface area contributed by atoms with Gasteiger partial charge in [0.1, 0.15) is 5.15 Å². The van der Waals surface area contributed by atoms with E-state index in [-0.39, 0.29) is 5.78 Å². The van der Waals surface area contributed by atoms with Crippen LogP contribution >= 0.6 is 11.6 Å². The second-order valence-corrected chi connectivity index (χ2v) is 5.29. The Morgan fingerprint density at radius 1 is 1.19 bits per heavy atom. The number of pyridine rings is 1. The summed E-state index contributed by atoms with van der Waals surface area (Å²) in [5.41, 5.74) is 2.74. The van der Waals surface area contributed by atoms with Crippen LogP contribution in [0.5, 0.6) is 0 Å². The predicted molar refractivity (Wildman–Crippen MR) is 86.0 cm³/mol. The van der Waals surface area contributed by atoms with Gasteiger partial charge in [0.2, 0.25) is 0 Å². The molecule has 0 amide bonds. The number of allylic oxidation sites excluding steroid dienone is 1. The molecule has 1 saturated carbocycles. The molecule has 2 nitrogen and oxygen atoms in total. The van der Waals surface area contributed by atoms with E-state index in [2.05, 4.69) is 4.98 Å². The van der Waals surface area contributed by atoms with E-state index in [1.54, 1.807) is 18.9 Å². The molecule has 3 heteroatoms. The van der Waals surface area contributed by atoms with Gasteiger partial charge in [-0.15, -0.1) is 0 Å². The van der Waals surface area contributed by atoms with Crippen molar-refractivity contribution in [1.82, 2.24) is 4.98 Å². The molecule has 0 aliphatic heterocycles. The van der Waals surface area contributed by atoms with Crippen LogP contribution in [0.4, 0.5) is 0 Å². The van der Waals surface area contributed by atoms with Crippen LogP contribution in [0.25, 0.3) is 17.0 Å². The van der Waals surface area contributed by atoms with Crippen LogP contribution in [0.1, 0.15) is 11.1 Å². The van der Waals surface area contributed by atoms with Gasteiger partial charge in [-0.1, -0.05) is 23.7 Å². The Kier molecular flexibility index (Phi) is 4.07. The highest BCUT2D eigenvalue weighted by Crippen LogP contribution is 2.26. The third kappa shape index (κ3) is 3.16. The van der Waals surface area contributed by atoms with Crippen molar-refractivity contribution in [3.05, 3.63) is 78.2 Å². The Labute approximate surface area is 129 Å². The number of halogens is 1. The van der Waals surface area contributed by atoms with E-state index in [9.17, 15) is 4.79 Å². The van der Waals surface area contributed by atoms with E-state index in [4.69, 9.17) is 11.6 Å². The fourth-order valence-corrected chi connectivity index (χ4v) is 2.40. The molecule has 1 aromatic heterocycles. The first-order valence-electron chi connectivity index (χ1n) is 6.64. The Hall–Kier alpha value is -1.67. The standard InChI is InChI=1S/C18H13ClNO/c1-12-6-7-14-11-15(18(19)20-16(14)10-12)8-9-17(21)13-4-2-3-5-13/h2-11H,1H3/b9-8+. The van der Waals surface area contributed by atoms with Gasteiger partial charge in [0, 0.05) is 10.9 Å². The number of hydrogen-bond donors (Lipinski definition) is 0. The first kappa shape index (κ1) is 14.3. The topological polar surface area (TPSA) is 30.0 Å². The number of aromatic nitrogens is 1. The molecule has 0 saturated heterocycles. The average molecular weight is 295 g/mol. The molecule has 0 N–H and O–H groups in total. The summed E-state index contributed by atoms with van der Waals surface area (Å²) in [7, 11) is 0. The summed E-state index contributed by atoms with van der Waals surface area (Å²) in [5.74, 6) is 0.631. The second kappa shape index (κ2) is 5.98. The number of nitrogens with zero attached hydrogens (tertiary/aromatic N) is 1. The second-order valence-electron chi connectivity index (χ2n) is 4.94. The molecule has 1 aromatic carbocycles. The minimum atomic E-state index is -0.0416. The van der Waals surface area contributed by atoms with E-state index < -0.39 is 0 Å². The Bertz CT molecular complexity index is 714. The third-order valence-corrected chi connectivity index (χ3v) is 3.62. The summed E-state index contributed by atoms with van der Waals surface area (Å²) in [6.07, 6.45) is 10.5. The highest BCUT2D eigenvalue weighted by atomic mass is 35.5. The molecule has 1 aliphatic carbocycles. The quantitative estimate of drug-likeness (QED) is 0.628. The van der Waals surface area contributed by atoms with E-state index in [1.165, 1.54) is 6.08 Å². The zero-order valence-electron chi connectivity index (χ0n) is 11.5. The summed E-state index contributed by atoms with van der Waals surface area (Å²) in [6, 6.07) is 7.97. The summed E-state index contributed by atoms with van der Waals surface area (Å²) in [6.45, 7) is 2.02. The van der Waals surface area contributed by atoms with Gasteiger partial charge < -0.3 is 0 Å². The number of benzene rings is 1. The summed E-state index contributed by atoms with van der Waals surface area (Å²) >= 11 is 6.19. The van der Waals surface area contributed by atoms with Crippen molar-refractivity contribution in [2.24, 2.45) is 0 Å². The lowest BCUT2D eigenvalue weighted by molar-refractivity contribution is -0.112. The minimum Gasteiger partial charge on any atom is -0.294 e. The highest BCUT2D eigenvalue weighted by molar-refractivity contribution is 6.31.